The van der Waals surface area contributed by atoms with Gasteiger partial charge in [-0.05, 0) is 49.7 Å². The molecule has 0 radical (unpaired) electrons. The van der Waals surface area contributed by atoms with Crippen LogP contribution >= 0.6 is 0 Å². The maximum atomic E-state index is 4.53. The molecular weight excluding hydrogens is 258 g/mol. The molecule has 1 N–H and O–H groups in total. The highest BCUT2D eigenvalue weighted by atomic mass is 14.9. The van der Waals surface area contributed by atoms with Crippen molar-refractivity contribution in [3.63, 3.8) is 0 Å². The molecule has 0 aliphatic carbocycles. The SMILES string of the molecule is Cc1ccc2cc(CN[C@H](C)c3ccccn3)ccc2n1. The van der Waals surface area contributed by atoms with Gasteiger partial charge in [-0.25, -0.2) is 0 Å². The lowest BCUT2D eigenvalue weighted by molar-refractivity contribution is 0.562. The molecule has 106 valence electrons. The van der Waals surface area contributed by atoms with Crippen LogP contribution in [0.4, 0.5) is 0 Å². The van der Waals surface area contributed by atoms with Crippen LogP contribution in [0.3, 0.4) is 0 Å². The molecule has 2 aromatic heterocycles. The molecule has 0 bridgehead atoms. The third-order valence-corrected chi connectivity index (χ3v) is 3.64. The first-order valence-electron chi connectivity index (χ1n) is 7.23. The summed E-state index contributed by atoms with van der Waals surface area (Å²) in [6.45, 7) is 4.97. The van der Waals surface area contributed by atoms with E-state index in [0.29, 0.717) is 0 Å². The minimum atomic E-state index is 0.234. The Bertz CT molecular complexity index is 738. The van der Waals surface area contributed by atoms with Gasteiger partial charge in [-0.2, -0.15) is 0 Å². The molecule has 0 saturated carbocycles. The molecule has 0 fully saturated rings. The standard InChI is InChI=1S/C18H19N3/c1-13-6-8-16-11-15(7-9-18(16)21-13)12-20-14(2)17-5-3-4-10-19-17/h3-11,14,20H,12H2,1-2H3/t14-/m1/s1. The average Bonchev–Trinajstić information content (AvgIpc) is 2.53. The van der Waals surface area contributed by atoms with Crippen LogP contribution in [-0.2, 0) is 6.54 Å². The number of aryl methyl sites for hydroxylation is 1. The van der Waals surface area contributed by atoms with Gasteiger partial charge in [-0.15, -0.1) is 0 Å². The summed E-state index contributed by atoms with van der Waals surface area (Å²) in [5, 5.41) is 4.69. The predicted octanol–water partition coefficient (Wildman–Crippen LogP) is 3.79. The first kappa shape index (κ1) is 13.7. The van der Waals surface area contributed by atoms with Crippen molar-refractivity contribution < 1.29 is 0 Å². The Morgan fingerprint density at radius 2 is 2.00 bits per heavy atom. The van der Waals surface area contributed by atoms with Gasteiger partial charge in [0.1, 0.15) is 0 Å². The number of benzene rings is 1. The van der Waals surface area contributed by atoms with E-state index in [4.69, 9.17) is 0 Å². The summed E-state index contributed by atoms with van der Waals surface area (Å²) in [5.74, 6) is 0. The highest BCUT2D eigenvalue weighted by Gasteiger charge is 2.05. The Hall–Kier alpha value is -2.26. The average molecular weight is 277 g/mol. The Balaban J connectivity index is 1.72. The number of fused-ring (bicyclic) bond motifs is 1. The van der Waals surface area contributed by atoms with E-state index in [-0.39, 0.29) is 6.04 Å². The largest absolute Gasteiger partial charge is 0.305 e. The van der Waals surface area contributed by atoms with Gasteiger partial charge in [0.05, 0.1) is 11.2 Å². The molecule has 21 heavy (non-hydrogen) atoms. The molecule has 1 aromatic carbocycles. The second kappa shape index (κ2) is 6.02. The molecule has 3 rings (SSSR count). The minimum absolute atomic E-state index is 0.234. The molecule has 0 spiro atoms. The Morgan fingerprint density at radius 1 is 1.10 bits per heavy atom. The Morgan fingerprint density at radius 3 is 2.81 bits per heavy atom. The third-order valence-electron chi connectivity index (χ3n) is 3.64. The molecule has 0 unspecified atom stereocenters. The highest BCUT2D eigenvalue weighted by molar-refractivity contribution is 5.79. The van der Waals surface area contributed by atoms with Crippen molar-refractivity contribution in [2.75, 3.05) is 0 Å². The van der Waals surface area contributed by atoms with Crippen molar-refractivity contribution >= 4 is 10.9 Å². The monoisotopic (exact) mass is 277 g/mol. The zero-order chi connectivity index (χ0) is 14.7. The number of hydrogen-bond acceptors (Lipinski definition) is 3. The third kappa shape index (κ3) is 3.26. The van der Waals surface area contributed by atoms with Crippen LogP contribution in [0.15, 0.2) is 54.7 Å². The molecule has 0 saturated heterocycles. The van der Waals surface area contributed by atoms with E-state index in [9.17, 15) is 0 Å². The van der Waals surface area contributed by atoms with E-state index in [1.165, 1.54) is 10.9 Å². The molecule has 0 aliphatic heterocycles. The van der Waals surface area contributed by atoms with Crippen molar-refractivity contribution in [2.45, 2.75) is 26.4 Å². The van der Waals surface area contributed by atoms with Crippen LogP contribution in [0.2, 0.25) is 0 Å². The van der Waals surface area contributed by atoms with E-state index >= 15 is 0 Å². The minimum Gasteiger partial charge on any atom is -0.305 e. The number of pyridine rings is 2. The molecule has 1 atom stereocenters. The second-order valence-electron chi connectivity index (χ2n) is 5.34. The van der Waals surface area contributed by atoms with Crippen molar-refractivity contribution in [1.82, 2.24) is 15.3 Å². The molecule has 3 heteroatoms. The van der Waals surface area contributed by atoms with Crippen molar-refractivity contribution in [2.24, 2.45) is 0 Å². The van der Waals surface area contributed by atoms with Crippen LogP contribution in [0.25, 0.3) is 10.9 Å². The lowest BCUT2D eigenvalue weighted by Gasteiger charge is -2.13. The fourth-order valence-corrected chi connectivity index (χ4v) is 2.39. The van der Waals surface area contributed by atoms with Gasteiger partial charge < -0.3 is 5.32 Å². The number of aromatic nitrogens is 2. The first-order chi connectivity index (χ1) is 10.2. The van der Waals surface area contributed by atoms with Gasteiger partial charge in [-0.3, -0.25) is 9.97 Å². The highest BCUT2D eigenvalue weighted by Crippen LogP contribution is 2.16. The van der Waals surface area contributed by atoms with Crippen LogP contribution in [0.5, 0.6) is 0 Å². The smallest absolute Gasteiger partial charge is 0.0705 e. The van der Waals surface area contributed by atoms with E-state index in [1.807, 2.05) is 31.3 Å². The number of nitrogens with one attached hydrogen (secondary N) is 1. The van der Waals surface area contributed by atoms with Crippen molar-refractivity contribution in [3.05, 3.63) is 71.7 Å². The molecule has 3 aromatic rings. The van der Waals surface area contributed by atoms with Gasteiger partial charge in [0, 0.05) is 29.9 Å². The van der Waals surface area contributed by atoms with Crippen LogP contribution in [0, 0.1) is 6.92 Å². The lowest BCUT2D eigenvalue weighted by Crippen LogP contribution is -2.18. The van der Waals surface area contributed by atoms with Crippen molar-refractivity contribution in [1.29, 1.82) is 0 Å². The summed E-state index contributed by atoms with van der Waals surface area (Å²) in [5.41, 5.74) is 4.43. The number of rotatable bonds is 4. The quantitative estimate of drug-likeness (QED) is 0.788. The summed E-state index contributed by atoms with van der Waals surface area (Å²) < 4.78 is 0. The molecule has 0 aliphatic rings. The fraction of sp³-hybridized carbons (Fsp3) is 0.222. The second-order valence-corrected chi connectivity index (χ2v) is 5.34. The lowest BCUT2D eigenvalue weighted by atomic mass is 10.1. The predicted molar refractivity (Wildman–Crippen MR) is 86.0 cm³/mol. The number of hydrogen-bond donors (Lipinski definition) is 1. The van der Waals surface area contributed by atoms with E-state index < -0.39 is 0 Å². The first-order valence-corrected chi connectivity index (χ1v) is 7.23. The Labute approximate surface area is 125 Å². The zero-order valence-corrected chi connectivity index (χ0v) is 12.4. The molecule has 2 heterocycles. The summed E-state index contributed by atoms with van der Waals surface area (Å²) in [6.07, 6.45) is 1.83. The Kier molecular flexibility index (Phi) is 3.93. The topological polar surface area (TPSA) is 37.8 Å². The zero-order valence-electron chi connectivity index (χ0n) is 12.4. The van der Waals surface area contributed by atoms with Gasteiger partial charge >= 0.3 is 0 Å². The van der Waals surface area contributed by atoms with Gasteiger partial charge in [0.2, 0.25) is 0 Å². The summed E-state index contributed by atoms with van der Waals surface area (Å²) in [6, 6.07) is 16.8. The molecule has 0 amide bonds. The van der Waals surface area contributed by atoms with Crippen LogP contribution < -0.4 is 5.32 Å². The van der Waals surface area contributed by atoms with Crippen LogP contribution in [0.1, 0.15) is 29.9 Å². The van der Waals surface area contributed by atoms with Gasteiger partial charge in [0.25, 0.3) is 0 Å². The maximum Gasteiger partial charge on any atom is 0.0705 e. The normalized spacial score (nSPS) is 12.5. The summed E-state index contributed by atoms with van der Waals surface area (Å²) >= 11 is 0. The number of nitrogens with zero attached hydrogens (tertiary/aromatic N) is 2. The molecular formula is C18H19N3. The van der Waals surface area contributed by atoms with Gasteiger partial charge in [-0.1, -0.05) is 18.2 Å². The maximum absolute atomic E-state index is 4.53. The van der Waals surface area contributed by atoms with E-state index in [2.05, 4.69) is 52.5 Å². The van der Waals surface area contributed by atoms with E-state index in [0.717, 1.165) is 23.4 Å². The summed E-state index contributed by atoms with van der Waals surface area (Å²) in [4.78, 5) is 8.91. The summed E-state index contributed by atoms with van der Waals surface area (Å²) in [7, 11) is 0. The van der Waals surface area contributed by atoms with Crippen LogP contribution in [-0.4, -0.2) is 9.97 Å². The van der Waals surface area contributed by atoms with Crippen molar-refractivity contribution in [3.8, 4) is 0 Å². The van der Waals surface area contributed by atoms with E-state index in [1.54, 1.807) is 0 Å². The fourth-order valence-electron chi connectivity index (χ4n) is 2.39. The molecule has 3 nitrogen and oxygen atoms in total. The van der Waals surface area contributed by atoms with Gasteiger partial charge in [0.15, 0.2) is 0 Å².